The molecule has 7 rings (SSSR count). The van der Waals surface area contributed by atoms with E-state index in [9.17, 15) is 0 Å². The SMILES string of the molecule is CC1(c2ccccc2)N=C(C2=CCCc3sc4ccccc4c32)N=C(c2cccc(-c3ccccc3)c2)N1. The number of aliphatic imine (C=N–C) groups is 2. The number of hydrogen-bond donors (Lipinski definition) is 1. The summed E-state index contributed by atoms with van der Waals surface area (Å²) in [4.78, 5) is 11.9. The van der Waals surface area contributed by atoms with Gasteiger partial charge >= 0.3 is 0 Å². The van der Waals surface area contributed by atoms with Crippen LogP contribution in [0.4, 0.5) is 0 Å². The van der Waals surface area contributed by atoms with Gasteiger partial charge in [-0.3, -0.25) is 0 Å². The summed E-state index contributed by atoms with van der Waals surface area (Å²) in [5.74, 6) is 1.63. The summed E-state index contributed by atoms with van der Waals surface area (Å²) in [5, 5.41) is 5.00. The number of hydrogen-bond acceptors (Lipinski definition) is 4. The Hall–Kier alpha value is -4.28. The molecule has 0 radical (unpaired) electrons. The minimum atomic E-state index is -0.652. The molecule has 1 aliphatic heterocycles. The average molecular weight is 510 g/mol. The maximum atomic E-state index is 5.30. The summed E-state index contributed by atoms with van der Waals surface area (Å²) in [6, 6.07) is 38.3. The number of benzene rings is 4. The number of amidine groups is 2. The first-order valence-corrected chi connectivity index (χ1v) is 13.9. The van der Waals surface area contributed by atoms with Crippen LogP contribution >= 0.6 is 11.3 Å². The van der Waals surface area contributed by atoms with Gasteiger partial charge in [-0.2, -0.15) is 0 Å². The highest BCUT2D eigenvalue weighted by atomic mass is 32.1. The Kier molecular flexibility index (Phi) is 5.56. The van der Waals surface area contributed by atoms with Gasteiger partial charge in [-0.15, -0.1) is 11.3 Å². The van der Waals surface area contributed by atoms with Crippen LogP contribution < -0.4 is 5.32 Å². The second kappa shape index (κ2) is 9.23. The van der Waals surface area contributed by atoms with Crippen LogP contribution in [-0.4, -0.2) is 11.7 Å². The fourth-order valence-corrected chi connectivity index (χ4v) is 6.72. The van der Waals surface area contributed by atoms with E-state index in [1.54, 1.807) is 0 Å². The molecule has 0 fully saturated rings. The lowest BCUT2D eigenvalue weighted by Gasteiger charge is -2.34. The van der Waals surface area contributed by atoms with Crippen LogP contribution in [0.1, 0.15) is 34.9 Å². The summed E-state index contributed by atoms with van der Waals surface area (Å²) in [6.07, 6.45) is 4.39. The molecule has 38 heavy (non-hydrogen) atoms. The van der Waals surface area contributed by atoms with E-state index in [-0.39, 0.29) is 0 Å². The topological polar surface area (TPSA) is 36.8 Å². The molecule has 2 aliphatic rings. The maximum absolute atomic E-state index is 5.30. The number of fused-ring (bicyclic) bond motifs is 3. The number of rotatable bonds is 4. The van der Waals surface area contributed by atoms with Crippen LogP contribution in [0.25, 0.3) is 26.8 Å². The number of thiophene rings is 1. The zero-order valence-electron chi connectivity index (χ0n) is 21.2. The standard InChI is InChI=1S/C34H27N3S/c1-34(26-16-6-3-7-17-26)36-32(25-15-10-14-24(22-25)23-12-4-2-5-13-23)35-33(37-34)28-19-11-21-30-31(28)27-18-8-9-20-29(27)38-30/h2-10,12-20,22H,11,21H2,1H3,(H,35,36,37). The Morgan fingerprint density at radius 3 is 2.32 bits per heavy atom. The molecule has 1 aromatic heterocycles. The average Bonchev–Trinajstić information content (AvgIpc) is 3.37. The van der Waals surface area contributed by atoms with Gasteiger partial charge in [0.15, 0.2) is 11.5 Å². The lowest BCUT2D eigenvalue weighted by molar-refractivity contribution is 0.455. The molecule has 4 aromatic carbocycles. The second-order valence-corrected chi connectivity index (χ2v) is 11.1. The molecule has 184 valence electrons. The number of nitrogens with zero attached hydrogens (tertiary/aromatic N) is 2. The van der Waals surface area contributed by atoms with Crippen LogP contribution in [0.3, 0.4) is 0 Å². The van der Waals surface area contributed by atoms with Crippen molar-refractivity contribution in [3.05, 3.63) is 137 Å². The Labute approximate surface area is 226 Å². The Morgan fingerprint density at radius 1 is 0.763 bits per heavy atom. The van der Waals surface area contributed by atoms with Crippen LogP contribution in [0.15, 0.2) is 125 Å². The minimum Gasteiger partial charge on any atom is -0.342 e. The quantitative estimate of drug-likeness (QED) is 0.260. The van der Waals surface area contributed by atoms with Gasteiger partial charge in [0.05, 0.1) is 0 Å². The van der Waals surface area contributed by atoms with Crippen LogP contribution in [0.5, 0.6) is 0 Å². The van der Waals surface area contributed by atoms with E-state index in [0.717, 1.165) is 41.2 Å². The predicted octanol–water partition coefficient (Wildman–Crippen LogP) is 8.22. The molecule has 0 amide bonds. The van der Waals surface area contributed by atoms with Crippen molar-refractivity contribution in [1.82, 2.24) is 5.32 Å². The van der Waals surface area contributed by atoms with Crippen molar-refractivity contribution in [2.24, 2.45) is 9.98 Å². The molecular weight excluding hydrogens is 482 g/mol. The summed E-state index contributed by atoms with van der Waals surface area (Å²) in [6.45, 7) is 2.15. The summed E-state index contributed by atoms with van der Waals surface area (Å²) >= 11 is 1.90. The van der Waals surface area contributed by atoms with E-state index >= 15 is 0 Å². The summed E-state index contributed by atoms with van der Waals surface area (Å²) in [5.41, 5.74) is 6.30. The molecule has 0 spiro atoms. The third kappa shape index (κ3) is 3.98. The van der Waals surface area contributed by atoms with Crippen molar-refractivity contribution in [1.29, 1.82) is 0 Å². The molecule has 2 heterocycles. The fraction of sp³-hybridized carbons (Fsp3) is 0.118. The molecule has 1 unspecified atom stereocenters. The van der Waals surface area contributed by atoms with Crippen molar-refractivity contribution < 1.29 is 0 Å². The minimum absolute atomic E-state index is 0.652. The van der Waals surface area contributed by atoms with Gasteiger partial charge in [0.2, 0.25) is 0 Å². The van der Waals surface area contributed by atoms with Gasteiger partial charge < -0.3 is 5.32 Å². The highest BCUT2D eigenvalue weighted by molar-refractivity contribution is 7.19. The van der Waals surface area contributed by atoms with Crippen molar-refractivity contribution in [3.63, 3.8) is 0 Å². The van der Waals surface area contributed by atoms with Crippen molar-refractivity contribution in [2.45, 2.75) is 25.4 Å². The monoisotopic (exact) mass is 509 g/mol. The van der Waals surface area contributed by atoms with Gasteiger partial charge in [0.1, 0.15) is 5.84 Å². The molecule has 1 aliphatic carbocycles. The lowest BCUT2D eigenvalue weighted by Crippen LogP contribution is -2.46. The predicted molar refractivity (Wildman–Crippen MR) is 161 cm³/mol. The van der Waals surface area contributed by atoms with E-state index in [1.165, 1.54) is 31.7 Å². The van der Waals surface area contributed by atoms with Gasteiger partial charge in [-0.05, 0) is 48.6 Å². The molecule has 4 heteroatoms. The third-order valence-corrected chi connectivity index (χ3v) is 8.62. The first kappa shape index (κ1) is 22.9. The van der Waals surface area contributed by atoms with Crippen molar-refractivity contribution in [3.8, 4) is 11.1 Å². The molecule has 1 N–H and O–H groups in total. The van der Waals surface area contributed by atoms with E-state index in [1.807, 2.05) is 17.4 Å². The fourth-order valence-electron chi connectivity index (χ4n) is 5.48. The summed E-state index contributed by atoms with van der Waals surface area (Å²) < 4.78 is 1.32. The Morgan fingerprint density at radius 2 is 1.47 bits per heavy atom. The van der Waals surface area contributed by atoms with E-state index in [4.69, 9.17) is 9.98 Å². The van der Waals surface area contributed by atoms with Gasteiger partial charge in [-0.25, -0.2) is 9.98 Å². The molecule has 5 aromatic rings. The normalized spacial score (nSPS) is 18.7. The molecular formula is C34H27N3S. The maximum Gasteiger partial charge on any atom is 0.159 e. The van der Waals surface area contributed by atoms with E-state index in [0.29, 0.717) is 0 Å². The van der Waals surface area contributed by atoms with Crippen molar-refractivity contribution in [2.75, 3.05) is 0 Å². The van der Waals surface area contributed by atoms with Crippen LogP contribution in [0, 0.1) is 0 Å². The molecule has 0 bridgehead atoms. The Bertz CT molecular complexity index is 1740. The van der Waals surface area contributed by atoms with Crippen LogP contribution in [0.2, 0.25) is 0 Å². The van der Waals surface area contributed by atoms with Crippen LogP contribution in [-0.2, 0) is 12.1 Å². The Balaban J connectivity index is 1.40. The third-order valence-electron chi connectivity index (χ3n) is 7.39. The second-order valence-electron chi connectivity index (χ2n) is 9.96. The molecule has 1 atom stereocenters. The highest BCUT2D eigenvalue weighted by Gasteiger charge is 2.34. The largest absolute Gasteiger partial charge is 0.342 e. The van der Waals surface area contributed by atoms with E-state index in [2.05, 4.69) is 121 Å². The number of nitrogens with one attached hydrogen (secondary N) is 1. The smallest absolute Gasteiger partial charge is 0.159 e. The van der Waals surface area contributed by atoms with Gasteiger partial charge in [0.25, 0.3) is 0 Å². The summed E-state index contributed by atoms with van der Waals surface area (Å²) in [7, 11) is 0. The zero-order valence-corrected chi connectivity index (χ0v) is 22.0. The molecule has 3 nitrogen and oxygen atoms in total. The zero-order chi connectivity index (χ0) is 25.5. The molecule has 0 saturated carbocycles. The van der Waals surface area contributed by atoms with Crippen molar-refractivity contribution >= 4 is 38.7 Å². The first-order valence-electron chi connectivity index (χ1n) is 13.1. The first-order chi connectivity index (χ1) is 18.7. The molecule has 0 saturated heterocycles. The number of allylic oxidation sites excluding steroid dienone is 1. The van der Waals surface area contributed by atoms with Gasteiger partial charge in [0, 0.05) is 31.7 Å². The lowest BCUT2D eigenvalue weighted by atomic mass is 9.92. The van der Waals surface area contributed by atoms with Gasteiger partial charge in [-0.1, -0.05) is 103 Å². The highest BCUT2D eigenvalue weighted by Crippen LogP contribution is 2.41. The number of aryl methyl sites for hydroxylation is 1. The van der Waals surface area contributed by atoms with E-state index < -0.39 is 5.66 Å².